The molecule has 8 nitrogen and oxygen atoms in total. The molecule has 0 N–H and O–H groups in total. The minimum atomic E-state index is -0.594. The van der Waals surface area contributed by atoms with Crippen LogP contribution in [0.25, 0.3) is 22.5 Å². The van der Waals surface area contributed by atoms with Gasteiger partial charge in [-0.15, -0.1) is 0 Å². The van der Waals surface area contributed by atoms with Gasteiger partial charge in [-0.3, -0.25) is 4.79 Å². The molecule has 0 saturated heterocycles. The van der Waals surface area contributed by atoms with E-state index in [1.807, 2.05) is 27.7 Å². The quantitative estimate of drug-likeness (QED) is 0.581. The Labute approximate surface area is 163 Å². The standard InChI is InChI=1S/C20H24N4O4/c1-5-23(6-2)18(25)12-28-20(26)14-10-16(17-8-7-9-27-17)22-19-15(14)11-21-24(19)13(3)4/h7-11,13H,5-6,12H2,1-4H3. The minimum Gasteiger partial charge on any atom is -0.463 e. The molecule has 8 heteroatoms. The Morgan fingerprint density at radius 2 is 2.04 bits per heavy atom. The van der Waals surface area contributed by atoms with Gasteiger partial charge < -0.3 is 14.1 Å². The van der Waals surface area contributed by atoms with Gasteiger partial charge >= 0.3 is 5.97 Å². The number of carbonyl (C=O) groups is 2. The maximum atomic E-state index is 12.8. The molecule has 0 fully saturated rings. The lowest BCUT2D eigenvalue weighted by Crippen LogP contribution is -2.34. The molecule has 0 aliphatic rings. The fraction of sp³-hybridized carbons (Fsp3) is 0.400. The van der Waals surface area contributed by atoms with E-state index in [4.69, 9.17) is 9.15 Å². The topological polar surface area (TPSA) is 90.5 Å². The zero-order valence-electron chi connectivity index (χ0n) is 16.5. The van der Waals surface area contributed by atoms with Gasteiger partial charge in [-0.2, -0.15) is 5.10 Å². The summed E-state index contributed by atoms with van der Waals surface area (Å²) in [7, 11) is 0. The van der Waals surface area contributed by atoms with E-state index in [0.29, 0.717) is 41.1 Å². The average molecular weight is 384 g/mol. The summed E-state index contributed by atoms with van der Waals surface area (Å²) >= 11 is 0. The van der Waals surface area contributed by atoms with Crippen LogP contribution in [0.2, 0.25) is 0 Å². The Morgan fingerprint density at radius 1 is 1.29 bits per heavy atom. The van der Waals surface area contributed by atoms with Crippen molar-refractivity contribution < 1.29 is 18.7 Å². The van der Waals surface area contributed by atoms with Crippen LogP contribution in [0.3, 0.4) is 0 Å². The van der Waals surface area contributed by atoms with Gasteiger partial charge in [0.15, 0.2) is 18.0 Å². The van der Waals surface area contributed by atoms with E-state index >= 15 is 0 Å². The third-order valence-electron chi connectivity index (χ3n) is 4.49. The molecule has 0 saturated carbocycles. The number of furan rings is 1. The maximum absolute atomic E-state index is 12.8. The number of nitrogens with zero attached hydrogens (tertiary/aromatic N) is 4. The van der Waals surface area contributed by atoms with Crippen LogP contribution in [0.15, 0.2) is 35.1 Å². The second-order valence-electron chi connectivity index (χ2n) is 6.59. The minimum absolute atomic E-state index is 0.0602. The van der Waals surface area contributed by atoms with Crippen LogP contribution in [0.4, 0.5) is 0 Å². The highest BCUT2D eigenvalue weighted by atomic mass is 16.5. The molecule has 0 spiro atoms. The molecule has 28 heavy (non-hydrogen) atoms. The fourth-order valence-corrected chi connectivity index (χ4v) is 2.99. The lowest BCUT2D eigenvalue weighted by atomic mass is 10.1. The van der Waals surface area contributed by atoms with E-state index in [2.05, 4.69) is 10.1 Å². The first-order valence-electron chi connectivity index (χ1n) is 9.33. The number of fused-ring (bicyclic) bond motifs is 1. The summed E-state index contributed by atoms with van der Waals surface area (Å²) in [5.74, 6) is -0.288. The number of rotatable bonds is 7. The van der Waals surface area contributed by atoms with Gasteiger partial charge in [-0.25, -0.2) is 14.5 Å². The summed E-state index contributed by atoms with van der Waals surface area (Å²) in [5.41, 5.74) is 1.36. The van der Waals surface area contributed by atoms with Crippen LogP contribution >= 0.6 is 0 Å². The third kappa shape index (κ3) is 3.76. The van der Waals surface area contributed by atoms with Crippen molar-refractivity contribution >= 4 is 22.9 Å². The van der Waals surface area contributed by atoms with Crippen LogP contribution in [-0.4, -0.2) is 51.2 Å². The Bertz CT molecular complexity index is 972. The Balaban J connectivity index is 1.97. The summed E-state index contributed by atoms with van der Waals surface area (Å²) in [5, 5.41) is 4.92. The number of carbonyl (C=O) groups excluding carboxylic acids is 2. The molecule has 3 aromatic heterocycles. The van der Waals surface area contributed by atoms with Crippen molar-refractivity contribution in [2.45, 2.75) is 33.7 Å². The van der Waals surface area contributed by atoms with Crippen LogP contribution in [0.1, 0.15) is 44.1 Å². The van der Waals surface area contributed by atoms with E-state index < -0.39 is 5.97 Å². The summed E-state index contributed by atoms with van der Waals surface area (Å²) in [6.45, 7) is 8.55. The molecule has 0 radical (unpaired) electrons. The second-order valence-corrected chi connectivity index (χ2v) is 6.59. The van der Waals surface area contributed by atoms with Crippen molar-refractivity contribution in [3.8, 4) is 11.5 Å². The van der Waals surface area contributed by atoms with Crippen molar-refractivity contribution in [1.82, 2.24) is 19.7 Å². The molecule has 3 aromatic rings. The molecule has 0 aliphatic carbocycles. The van der Waals surface area contributed by atoms with Crippen molar-refractivity contribution in [2.24, 2.45) is 0 Å². The van der Waals surface area contributed by atoms with Gasteiger partial charge in [-0.1, -0.05) is 0 Å². The van der Waals surface area contributed by atoms with E-state index in [1.54, 1.807) is 40.2 Å². The zero-order chi connectivity index (χ0) is 20.3. The van der Waals surface area contributed by atoms with E-state index in [1.165, 1.54) is 0 Å². The molecular formula is C20H24N4O4. The molecule has 148 valence electrons. The second kappa shape index (κ2) is 8.24. The van der Waals surface area contributed by atoms with E-state index in [0.717, 1.165) is 0 Å². The van der Waals surface area contributed by atoms with Crippen LogP contribution in [0, 0.1) is 0 Å². The number of pyridine rings is 1. The predicted octanol–water partition coefficient (Wildman–Crippen LogP) is 3.30. The van der Waals surface area contributed by atoms with Gasteiger partial charge in [0.2, 0.25) is 0 Å². The number of amides is 1. The number of aromatic nitrogens is 3. The van der Waals surface area contributed by atoms with E-state index in [9.17, 15) is 9.59 Å². The first-order valence-corrected chi connectivity index (χ1v) is 9.33. The highest BCUT2D eigenvalue weighted by molar-refractivity contribution is 6.04. The fourth-order valence-electron chi connectivity index (χ4n) is 2.99. The Kier molecular flexibility index (Phi) is 5.77. The SMILES string of the molecule is CCN(CC)C(=O)COC(=O)c1cc(-c2ccco2)nc2c1cnn2C(C)C. The van der Waals surface area contributed by atoms with Gasteiger partial charge in [0.25, 0.3) is 5.91 Å². The number of hydrogen-bond acceptors (Lipinski definition) is 6. The lowest BCUT2D eigenvalue weighted by molar-refractivity contribution is -0.134. The smallest absolute Gasteiger partial charge is 0.339 e. The van der Waals surface area contributed by atoms with E-state index in [-0.39, 0.29) is 18.6 Å². The molecule has 0 bridgehead atoms. The molecule has 0 atom stereocenters. The van der Waals surface area contributed by atoms with Crippen LogP contribution in [-0.2, 0) is 9.53 Å². The molecule has 3 heterocycles. The number of esters is 1. The van der Waals surface area contributed by atoms with Crippen molar-refractivity contribution in [3.05, 3.63) is 36.2 Å². The largest absolute Gasteiger partial charge is 0.463 e. The van der Waals surface area contributed by atoms with Gasteiger partial charge in [-0.05, 0) is 45.9 Å². The number of hydrogen-bond donors (Lipinski definition) is 0. The normalized spacial score (nSPS) is 11.2. The average Bonchev–Trinajstić information content (AvgIpc) is 3.35. The summed E-state index contributed by atoms with van der Waals surface area (Å²) in [6.07, 6.45) is 3.14. The number of likely N-dealkylation sites (N-methyl/N-ethyl adjacent to an activating group) is 1. The molecule has 0 unspecified atom stereocenters. The molecule has 1 amide bonds. The van der Waals surface area contributed by atoms with Crippen molar-refractivity contribution in [2.75, 3.05) is 19.7 Å². The predicted molar refractivity (Wildman–Crippen MR) is 104 cm³/mol. The van der Waals surface area contributed by atoms with Crippen LogP contribution < -0.4 is 0 Å². The third-order valence-corrected chi connectivity index (χ3v) is 4.49. The van der Waals surface area contributed by atoms with Gasteiger partial charge in [0.05, 0.1) is 23.4 Å². The molecule has 0 aliphatic heterocycles. The van der Waals surface area contributed by atoms with Gasteiger partial charge in [0.1, 0.15) is 5.69 Å². The highest BCUT2D eigenvalue weighted by Crippen LogP contribution is 2.27. The summed E-state index contributed by atoms with van der Waals surface area (Å²) < 4.78 is 12.5. The Hall–Kier alpha value is -3.16. The van der Waals surface area contributed by atoms with Crippen LogP contribution in [0.5, 0.6) is 0 Å². The zero-order valence-corrected chi connectivity index (χ0v) is 16.5. The first kappa shape index (κ1) is 19.6. The molecule has 3 rings (SSSR count). The van der Waals surface area contributed by atoms with Crippen molar-refractivity contribution in [1.29, 1.82) is 0 Å². The molecule has 0 aromatic carbocycles. The monoisotopic (exact) mass is 384 g/mol. The maximum Gasteiger partial charge on any atom is 0.339 e. The molecular weight excluding hydrogens is 360 g/mol. The number of ether oxygens (including phenoxy) is 1. The Morgan fingerprint density at radius 3 is 2.64 bits per heavy atom. The first-order chi connectivity index (χ1) is 13.5. The summed E-state index contributed by atoms with van der Waals surface area (Å²) in [6, 6.07) is 5.19. The van der Waals surface area contributed by atoms with Crippen molar-refractivity contribution in [3.63, 3.8) is 0 Å². The lowest BCUT2D eigenvalue weighted by Gasteiger charge is -2.18. The summed E-state index contributed by atoms with van der Waals surface area (Å²) in [4.78, 5) is 31.2. The highest BCUT2D eigenvalue weighted by Gasteiger charge is 2.21. The van der Waals surface area contributed by atoms with Gasteiger partial charge in [0, 0.05) is 19.1 Å².